The van der Waals surface area contributed by atoms with Crippen molar-refractivity contribution in [3.05, 3.63) is 84.4 Å². The third-order valence-electron chi connectivity index (χ3n) is 6.64. The van der Waals surface area contributed by atoms with Crippen molar-refractivity contribution in [2.75, 3.05) is 33.5 Å². The van der Waals surface area contributed by atoms with Crippen LogP contribution in [0.3, 0.4) is 0 Å². The minimum atomic E-state index is -0.279. The van der Waals surface area contributed by atoms with Crippen LogP contribution in [0.4, 0.5) is 0 Å². The lowest BCUT2D eigenvalue weighted by atomic mass is 9.82. The maximum atomic E-state index is 12.7. The maximum Gasteiger partial charge on any atom is 0.314 e. The van der Waals surface area contributed by atoms with E-state index in [1.807, 2.05) is 30.3 Å². The second-order valence-electron chi connectivity index (χ2n) is 9.56. The number of esters is 2. The molecule has 8 heteroatoms. The first-order valence-electron chi connectivity index (χ1n) is 13.6. The van der Waals surface area contributed by atoms with E-state index >= 15 is 0 Å². The third-order valence-corrected chi connectivity index (χ3v) is 6.64. The highest BCUT2D eigenvalue weighted by atomic mass is 16.5. The lowest BCUT2D eigenvalue weighted by Crippen LogP contribution is -2.30. The first kappa shape index (κ1) is 29.1. The number of hydrogen-bond donors (Lipinski definition) is 0. The largest absolute Gasteiger partial charge is 0.491 e. The van der Waals surface area contributed by atoms with Crippen molar-refractivity contribution in [1.29, 1.82) is 0 Å². The molecule has 0 saturated heterocycles. The van der Waals surface area contributed by atoms with E-state index in [0.717, 1.165) is 5.56 Å². The van der Waals surface area contributed by atoms with Crippen molar-refractivity contribution < 1.29 is 38.0 Å². The van der Waals surface area contributed by atoms with E-state index in [1.54, 1.807) is 55.6 Å². The van der Waals surface area contributed by atoms with Crippen LogP contribution in [0.25, 0.3) is 0 Å². The summed E-state index contributed by atoms with van der Waals surface area (Å²) in [6, 6.07) is 23.9. The minimum Gasteiger partial charge on any atom is -0.491 e. The predicted molar refractivity (Wildman–Crippen MR) is 149 cm³/mol. The van der Waals surface area contributed by atoms with Crippen LogP contribution >= 0.6 is 0 Å². The summed E-state index contributed by atoms with van der Waals surface area (Å²) in [4.78, 5) is 25.3. The summed E-state index contributed by atoms with van der Waals surface area (Å²) < 4.78 is 32.9. The summed E-state index contributed by atoms with van der Waals surface area (Å²) in [6.45, 7) is 2.39. The van der Waals surface area contributed by atoms with Gasteiger partial charge in [-0.3, -0.25) is 9.59 Å². The zero-order valence-corrected chi connectivity index (χ0v) is 22.8. The van der Waals surface area contributed by atoms with Crippen LogP contribution in [0.15, 0.2) is 78.9 Å². The van der Waals surface area contributed by atoms with Crippen LogP contribution in [-0.2, 0) is 25.7 Å². The van der Waals surface area contributed by atoms with Crippen molar-refractivity contribution in [3.63, 3.8) is 0 Å². The fraction of sp³-hybridized carbons (Fsp3) is 0.375. The number of benzene rings is 3. The Morgan fingerprint density at radius 3 is 1.52 bits per heavy atom. The Balaban J connectivity index is 1.12. The number of rotatable bonds is 14. The van der Waals surface area contributed by atoms with Crippen molar-refractivity contribution >= 4 is 11.9 Å². The van der Waals surface area contributed by atoms with E-state index in [9.17, 15) is 9.59 Å². The zero-order valence-electron chi connectivity index (χ0n) is 22.8. The van der Waals surface area contributed by atoms with Gasteiger partial charge in [0.1, 0.15) is 36.2 Å². The molecule has 0 radical (unpaired) electrons. The molecule has 0 atom stereocenters. The van der Waals surface area contributed by atoms with Crippen molar-refractivity contribution in [3.8, 4) is 23.0 Å². The summed E-state index contributed by atoms with van der Waals surface area (Å²) >= 11 is 0. The molecule has 8 nitrogen and oxygen atoms in total. The lowest BCUT2D eigenvalue weighted by molar-refractivity contribution is -0.145. The molecule has 40 heavy (non-hydrogen) atoms. The van der Waals surface area contributed by atoms with E-state index in [-0.39, 0.29) is 23.8 Å². The Hall–Kier alpha value is -3.88. The molecule has 1 fully saturated rings. The maximum absolute atomic E-state index is 12.7. The van der Waals surface area contributed by atoms with Crippen LogP contribution in [0.5, 0.6) is 23.0 Å². The van der Waals surface area contributed by atoms with Crippen molar-refractivity contribution in [2.45, 2.75) is 32.3 Å². The molecule has 0 aliphatic heterocycles. The summed E-state index contributed by atoms with van der Waals surface area (Å²) in [5.41, 5.74) is 1.12. The van der Waals surface area contributed by atoms with Gasteiger partial charge in [-0.1, -0.05) is 30.3 Å². The molecule has 0 heterocycles. The number of hydrogen-bond acceptors (Lipinski definition) is 8. The van der Waals surface area contributed by atoms with Crippen molar-refractivity contribution in [2.24, 2.45) is 11.8 Å². The lowest BCUT2D eigenvalue weighted by Gasteiger charge is -2.25. The molecule has 3 aromatic rings. The van der Waals surface area contributed by atoms with Crippen LogP contribution in [0.2, 0.25) is 0 Å². The molecule has 0 aromatic heterocycles. The van der Waals surface area contributed by atoms with Gasteiger partial charge in [0, 0.05) is 7.11 Å². The molecule has 0 N–H and O–H groups in total. The Kier molecular flexibility index (Phi) is 11.4. The Morgan fingerprint density at radius 2 is 1.05 bits per heavy atom. The summed E-state index contributed by atoms with van der Waals surface area (Å²) in [5, 5.41) is 0. The smallest absolute Gasteiger partial charge is 0.314 e. The van der Waals surface area contributed by atoms with Gasteiger partial charge in [-0.15, -0.1) is 0 Å². The number of carbonyl (C=O) groups is 2. The molecule has 1 aliphatic rings. The van der Waals surface area contributed by atoms with E-state index in [2.05, 4.69) is 0 Å². The van der Waals surface area contributed by atoms with Crippen LogP contribution in [0.1, 0.15) is 31.2 Å². The standard InChI is InChI=1S/C32H36O8/c1-35-19-21-37-27-11-15-29(16-12-27)39-31(33)25-7-9-26(10-8-25)32(34)40-30-17-13-28(14-18-30)38-22-20-36-23-24-5-3-2-4-6-24/h2-6,11-18,25-26H,7-10,19-23H2,1H3/t25-,26-. The molecule has 0 unspecified atom stereocenters. The monoisotopic (exact) mass is 548 g/mol. The average molecular weight is 549 g/mol. The number of methoxy groups -OCH3 is 1. The topological polar surface area (TPSA) is 89.5 Å². The second kappa shape index (κ2) is 15.6. The van der Waals surface area contributed by atoms with Crippen LogP contribution in [-0.4, -0.2) is 45.5 Å². The van der Waals surface area contributed by atoms with Gasteiger partial charge in [-0.25, -0.2) is 0 Å². The molecular formula is C32H36O8. The van der Waals surface area contributed by atoms with Gasteiger partial charge >= 0.3 is 11.9 Å². The number of ether oxygens (including phenoxy) is 6. The molecule has 4 rings (SSSR count). The molecule has 0 spiro atoms. The minimum absolute atomic E-state index is 0.241. The van der Waals surface area contributed by atoms with Gasteiger partial charge in [0.05, 0.1) is 31.7 Å². The molecule has 1 saturated carbocycles. The Morgan fingerprint density at radius 1 is 0.600 bits per heavy atom. The van der Waals surface area contributed by atoms with Gasteiger partial charge in [0.25, 0.3) is 0 Å². The highest BCUT2D eigenvalue weighted by molar-refractivity contribution is 5.77. The summed E-state index contributed by atoms with van der Waals surface area (Å²) in [6.07, 6.45) is 2.32. The van der Waals surface area contributed by atoms with Crippen LogP contribution in [0, 0.1) is 11.8 Å². The van der Waals surface area contributed by atoms with Gasteiger partial charge in [-0.2, -0.15) is 0 Å². The molecule has 0 amide bonds. The average Bonchev–Trinajstić information content (AvgIpc) is 2.99. The van der Waals surface area contributed by atoms with E-state index < -0.39 is 0 Å². The fourth-order valence-corrected chi connectivity index (χ4v) is 4.40. The molecular weight excluding hydrogens is 512 g/mol. The predicted octanol–water partition coefficient (Wildman–Crippen LogP) is 5.62. The summed E-state index contributed by atoms with van der Waals surface area (Å²) in [7, 11) is 1.61. The molecule has 0 bridgehead atoms. The fourth-order valence-electron chi connectivity index (χ4n) is 4.40. The highest BCUT2D eigenvalue weighted by Gasteiger charge is 2.32. The first-order chi connectivity index (χ1) is 19.6. The van der Waals surface area contributed by atoms with Gasteiger partial charge in [0.15, 0.2) is 0 Å². The Labute approximate surface area is 235 Å². The normalized spacial score (nSPS) is 16.6. The van der Waals surface area contributed by atoms with Crippen molar-refractivity contribution in [1.82, 2.24) is 0 Å². The number of carbonyl (C=O) groups excluding carboxylic acids is 2. The van der Waals surface area contributed by atoms with Gasteiger partial charge in [0.2, 0.25) is 0 Å². The Bertz CT molecular complexity index is 1170. The third kappa shape index (κ3) is 9.39. The van der Waals surface area contributed by atoms with E-state index in [0.29, 0.717) is 81.7 Å². The van der Waals surface area contributed by atoms with E-state index in [1.165, 1.54) is 0 Å². The second-order valence-corrected chi connectivity index (χ2v) is 9.56. The quantitative estimate of drug-likeness (QED) is 0.146. The molecule has 212 valence electrons. The van der Waals surface area contributed by atoms with Crippen LogP contribution < -0.4 is 18.9 Å². The summed E-state index contributed by atoms with van der Waals surface area (Å²) in [5.74, 6) is 1.25. The molecule has 1 aliphatic carbocycles. The SMILES string of the molecule is COCCOc1ccc(OC(=O)[C@H]2CC[C@H](C(=O)Oc3ccc(OCCOCc4ccccc4)cc3)CC2)cc1. The van der Waals surface area contributed by atoms with Gasteiger partial charge in [-0.05, 0) is 79.8 Å². The molecule has 3 aromatic carbocycles. The van der Waals surface area contributed by atoms with Gasteiger partial charge < -0.3 is 28.4 Å². The van der Waals surface area contributed by atoms with E-state index in [4.69, 9.17) is 28.4 Å². The first-order valence-corrected chi connectivity index (χ1v) is 13.6. The zero-order chi connectivity index (χ0) is 28.0. The highest BCUT2D eigenvalue weighted by Crippen LogP contribution is 2.32.